The molecule has 154 valence electrons. The van der Waals surface area contributed by atoms with E-state index in [9.17, 15) is 4.79 Å². The molecule has 29 heavy (non-hydrogen) atoms. The van der Waals surface area contributed by atoms with Crippen LogP contribution < -0.4 is 5.32 Å². The summed E-state index contributed by atoms with van der Waals surface area (Å²) in [6.45, 7) is 4.33. The molecule has 2 aromatic heterocycles. The molecule has 0 radical (unpaired) electrons. The highest BCUT2D eigenvalue weighted by Crippen LogP contribution is 2.31. The average Bonchev–Trinajstić information content (AvgIpc) is 3.47. The molecule has 0 unspecified atom stereocenters. The Morgan fingerprint density at radius 2 is 2.28 bits per heavy atom. The minimum Gasteiger partial charge on any atom is -0.376 e. The normalized spacial score (nSPS) is 16.5. The lowest BCUT2D eigenvalue weighted by Gasteiger charge is -2.14. The number of thioether (sulfide) groups is 1. The van der Waals surface area contributed by atoms with E-state index in [0.29, 0.717) is 12.3 Å². The van der Waals surface area contributed by atoms with Crippen LogP contribution >= 0.6 is 11.8 Å². The summed E-state index contributed by atoms with van der Waals surface area (Å²) in [5, 5.41) is 13.7. The van der Waals surface area contributed by atoms with Crippen LogP contribution in [0.3, 0.4) is 0 Å². The first-order chi connectivity index (χ1) is 14.3. The van der Waals surface area contributed by atoms with Gasteiger partial charge in [0.1, 0.15) is 0 Å². The topological polar surface area (TPSA) is 84.8 Å². The first kappa shape index (κ1) is 20.0. The van der Waals surface area contributed by atoms with Gasteiger partial charge in [-0.15, -0.1) is 10.2 Å². The van der Waals surface area contributed by atoms with E-state index < -0.39 is 0 Å². The molecule has 8 heteroatoms. The highest BCUT2D eigenvalue weighted by atomic mass is 32.2. The molecule has 1 amide bonds. The molecule has 1 aliphatic heterocycles. The lowest BCUT2D eigenvalue weighted by Crippen LogP contribution is -2.26. The highest BCUT2D eigenvalue weighted by molar-refractivity contribution is 7.99. The molecule has 1 saturated heterocycles. The van der Waals surface area contributed by atoms with Crippen molar-refractivity contribution in [1.82, 2.24) is 25.1 Å². The van der Waals surface area contributed by atoms with Gasteiger partial charge in [-0.1, -0.05) is 43.3 Å². The number of para-hydroxylation sites is 1. The van der Waals surface area contributed by atoms with Crippen molar-refractivity contribution < 1.29 is 9.53 Å². The summed E-state index contributed by atoms with van der Waals surface area (Å²) in [5.41, 5.74) is 2.09. The van der Waals surface area contributed by atoms with Crippen LogP contribution in [-0.2, 0) is 16.1 Å². The largest absolute Gasteiger partial charge is 0.376 e. The molecule has 7 nitrogen and oxygen atoms in total. The summed E-state index contributed by atoms with van der Waals surface area (Å²) < 4.78 is 7.97. The number of hydrogen-bond acceptors (Lipinski definition) is 5. The standard InChI is InChI=1S/C21H27N5O2S/c1-2-3-10-22-19(27)14-29-21-25-24-20(26(21)13-15-7-6-11-28-15)17-12-23-18-9-5-4-8-16(17)18/h4-5,8-9,12,15,23H,2-3,6-7,10-11,13-14H2,1H3,(H,22,27)/t15-/m1/s1. The molecule has 1 atom stereocenters. The van der Waals surface area contributed by atoms with Crippen molar-refractivity contribution in [1.29, 1.82) is 0 Å². The summed E-state index contributed by atoms with van der Waals surface area (Å²) in [4.78, 5) is 15.5. The van der Waals surface area contributed by atoms with Crippen molar-refractivity contribution in [3.63, 3.8) is 0 Å². The van der Waals surface area contributed by atoms with Gasteiger partial charge in [0.2, 0.25) is 5.91 Å². The second-order valence-corrected chi connectivity index (χ2v) is 8.23. The smallest absolute Gasteiger partial charge is 0.230 e. The number of unbranched alkanes of at least 4 members (excludes halogenated alkanes) is 1. The van der Waals surface area contributed by atoms with Gasteiger partial charge in [0.15, 0.2) is 11.0 Å². The number of hydrogen-bond donors (Lipinski definition) is 2. The summed E-state index contributed by atoms with van der Waals surface area (Å²) in [5.74, 6) is 1.18. The van der Waals surface area contributed by atoms with Crippen LogP contribution in [0.5, 0.6) is 0 Å². The number of rotatable bonds is 9. The molecule has 0 saturated carbocycles. The van der Waals surface area contributed by atoms with Crippen LogP contribution in [0.1, 0.15) is 32.6 Å². The molecule has 2 N–H and O–H groups in total. The molecular formula is C21H27N5O2S. The quantitative estimate of drug-likeness (QED) is 0.413. The SMILES string of the molecule is CCCCNC(=O)CSc1nnc(-c2c[nH]c3ccccc23)n1C[C@H]1CCCO1. The predicted molar refractivity (Wildman–Crippen MR) is 115 cm³/mol. The molecule has 0 aliphatic carbocycles. The third-order valence-electron chi connectivity index (χ3n) is 5.14. The maximum atomic E-state index is 12.1. The van der Waals surface area contributed by atoms with Crippen molar-refractivity contribution in [2.45, 2.75) is 50.4 Å². The van der Waals surface area contributed by atoms with Crippen molar-refractivity contribution in [2.75, 3.05) is 18.9 Å². The molecule has 3 aromatic rings. The van der Waals surface area contributed by atoms with E-state index in [0.717, 1.165) is 66.3 Å². The van der Waals surface area contributed by atoms with E-state index in [1.165, 1.54) is 11.8 Å². The predicted octanol–water partition coefficient (Wildman–Crippen LogP) is 3.61. The maximum Gasteiger partial charge on any atom is 0.230 e. The second kappa shape index (κ2) is 9.45. The number of benzene rings is 1. The van der Waals surface area contributed by atoms with Gasteiger partial charge in [-0.3, -0.25) is 9.36 Å². The van der Waals surface area contributed by atoms with Crippen LogP contribution in [-0.4, -0.2) is 50.7 Å². The number of nitrogens with one attached hydrogen (secondary N) is 2. The molecule has 4 rings (SSSR count). The summed E-state index contributed by atoms with van der Waals surface area (Å²) in [7, 11) is 0. The lowest BCUT2D eigenvalue weighted by molar-refractivity contribution is -0.118. The maximum absolute atomic E-state index is 12.1. The Balaban J connectivity index is 1.57. The molecule has 3 heterocycles. The van der Waals surface area contributed by atoms with Crippen LogP contribution in [0.2, 0.25) is 0 Å². The highest BCUT2D eigenvalue weighted by Gasteiger charge is 2.23. The fourth-order valence-corrected chi connectivity index (χ4v) is 4.37. The zero-order valence-corrected chi connectivity index (χ0v) is 17.5. The number of ether oxygens (including phenoxy) is 1. The van der Waals surface area contributed by atoms with E-state index >= 15 is 0 Å². The Kier molecular flexibility index (Phi) is 6.51. The number of aromatic nitrogens is 4. The molecule has 0 spiro atoms. The van der Waals surface area contributed by atoms with E-state index in [1.807, 2.05) is 18.3 Å². The van der Waals surface area contributed by atoms with Crippen LogP contribution in [0.15, 0.2) is 35.6 Å². The minimum absolute atomic E-state index is 0.0313. The lowest BCUT2D eigenvalue weighted by atomic mass is 10.1. The minimum atomic E-state index is 0.0313. The third kappa shape index (κ3) is 4.64. The fourth-order valence-electron chi connectivity index (χ4n) is 3.59. The number of H-pyrrole nitrogens is 1. The van der Waals surface area contributed by atoms with Gasteiger partial charge in [-0.05, 0) is 25.3 Å². The van der Waals surface area contributed by atoms with E-state index in [-0.39, 0.29) is 12.0 Å². The Morgan fingerprint density at radius 3 is 3.10 bits per heavy atom. The van der Waals surface area contributed by atoms with Crippen molar-refractivity contribution >= 4 is 28.6 Å². The summed E-state index contributed by atoms with van der Waals surface area (Å²) in [6.07, 6.45) is 6.32. The van der Waals surface area contributed by atoms with E-state index in [2.05, 4.69) is 44.1 Å². The molecule has 1 aliphatic rings. The van der Waals surface area contributed by atoms with Crippen LogP contribution in [0.4, 0.5) is 0 Å². The zero-order chi connectivity index (χ0) is 20.1. The zero-order valence-electron chi connectivity index (χ0n) is 16.7. The van der Waals surface area contributed by atoms with Crippen molar-refractivity contribution in [3.8, 4) is 11.4 Å². The Labute approximate surface area is 174 Å². The Hall–Kier alpha value is -2.32. The van der Waals surface area contributed by atoms with Gasteiger partial charge in [-0.2, -0.15) is 0 Å². The van der Waals surface area contributed by atoms with E-state index in [1.54, 1.807) is 0 Å². The summed E-state index contributed by atoms with van der Waals surface area (Å²) in [6, 6.07) is 8.17. The fraction of sp³-hybridized carbons (Fsp3) is 0.476. The van der Waals surface area contributed by atoms with Crippen LogP contribution in [0, 0.1) is 0 Å². The van der Waals surface area contributed by atoms with Crippen molar-refractivity contribution in [3.05, 3.63) is 30.5 Å². The van der Waals surface area contributed by atoms with Gasteiger partial charge in [0, 0.05) is 35.8 Å². The number of fused-ring (bicyclic) bond motifs is 1. The van der Waals surface area contributed by atoms with Crippen molar-refractivity contribution in [2.24, 2.45) is 0 Å². The average molecular weight is 414 g/mol. The van der Waals surface area contributed by atoms with Gasteiger partial charge in [0.05, 0.1) is 18.4 Å². The van der Waals surface area contributed by atoms with Gasteiger partial charge in [0.25, 0.3) is 0 Å². The molecular weight excluding hydrogens is 386 g/mol. The Morgan fingerprint density at radius 1 is 1.38 bits per heavy atom. The first-order valence-electron chi connectivity index (χ1n) is 10.3. The Bertz CT molecular complexity index is 961. The number of carbonyl (C=O) groups excluding carboxylic acids is 1. The molecule has 0 bridgehead atoms. The number of nitrogens with zero attached hydrogens (tertiary/aromatic N) is 3. The monoisotopic (exact) mass is 413 g/mol. The number of amides is 1. The van der Waals surface area contributed by atoms with Gasteiger partial charge < -0.3 is 15.0 Å². The van der Waals surface area contributed by atoms with E-state index in [4.69, 9.17) is 4.74 Å². The van der Waals surface area contributed by atoms with Gasteiger partial charge in [-0.25, -0.2) is 0 Å². The number of aromatic amines is 1. The van der Waals surface area contributed by atoms with Gasteiger partial charge >= 0.3 is 0 Å². The van der Waals surface area contributed by atoms with Crippen LogP contribution in [0.25, 0.3) is 22.3 Å². The molecule has 1 fully saturated rings. The second-order valence-electron chi connectivity index (χ2n) is 7.29. The number of carbonyl (C=O) groups is 1. The summed E-state index contributed by atoms with van der Waals surface area (Å²) >= 11 is 1.43. The first-order valence-corrected chi connectivity index (χ1v) is 11.3. The molecule has 1 aromatic carbocycles. The third-order valence-corrected chi connectivity index (χ3v) is 6.11.